The van der Waals surface area contributed by atoms with Crippen molar-refractivity contribution in [2.24, 2.45) is 0 Å². The second-order valence-corrected chi connectivity index (χ2v) is 11.1. The number of phenols is 2. The summed E-state index contributed by atoms with van der Waals surface area (Å²) in [5, 5.41) is 90.9. The van der Waals surface area contributed by atoms with Crippen LogP contribution in [-0.2, 0) is 23.8 Å². The summed E-state index contributed by atoms with van der Waals surface area (Å²) in [5.41, 5.74) is -1.21. The number of carbonyl (C=O) groups is 2. The third-order valence-electron chi connectivity index (χ3n) is 7.70. The summed E-state index contributed by atoms with van der Waals surface area (Å²) < 4.78 is 33.0. The summed E-state index contributed by atoms with van der Waals surface area (Å²) in [6.07, 6.45) is -17.5. The van der Waals surface area contributed by atoms with Gasteiger partial charge in [-0.15, -0.1) is 0 Å². The Hall–Kier alpha value is -4.53. The minimum absolute atomic E-state index is 0.120. The van der Waals surface area contributed by atoms with E-state index in [2.05, 4.69) is 0 Å². The molecular weight excluding hydrogens is 648 g/mol. The van der Waals surface area contributed by atoms with Crippen LogP contribution in [0.1, 0.15) is 13.3 Å². The highest BCUT2D eigenvalue weighted by atomic mass is 16.7. The van der Waals surface area contributed by atoms with E-state index in [-0.39, 0.29) is 28.4 Å². The van der Waals surface area contributed by atoms with E-state index >= 15 is 0 Å². The lowest BCUT2D eigenvalue weighted by Crippen LogP contribution is -2.60. The van der Waals surface area contributed by atoms with Crippen LogP contribution in [0.25, 0.3) is 22.3 Å². The van der Waals surface area contributed by atoms with Crippen molar-refractivity contribution in [1.82, 2.24) is 0 Å². The first kappa shape index (κ1) is 34.8. The minimum Gasteiger partial charge on any atom is -0.508 e. The molecule has 5 rings (SSSR count). The Morgan fingerprint density at radius 3 is 2.08 bits per heavy atom. The van der Waals surface area contributed by atoms with Crippen LogP contribution in [0.15, 0.2) is 45.6 Å². The number of aliphatic hydroxyl groups excluding tert-OH is 6. The number of carboxylic acid groups (broad SMARTS) is 1. The molecule has 2 aliphatic rings. The highest BCUT2D eigenvalue weighted by Crippen LogP contribution is 2.38. The lowest BCUT2D eigenvalue weighted by atomic mass is 9.99. The molecule has 0 amide bonds. The molecule has 2 aromatic carbocycles. The van der Waals surface area contributed by atoms with Crippen LogP contribution in [0.2, 0.25) is 0 Å². The molecule has 2 aliphatic heterocycles. The number of esters is 1. The fourth-order valence-corrected chi connectivity index (χ4v) is 5.10. The second-order valence-electron chi connectivity index (χ2n) is 11.1. The van der Waals surface area contributed by atoms with Crippen molar-refractivity contribution < 1.29 is 83.6 Å². The number of aromatic hydroxyl groups is 2. The van der Waals surface area contributed by atoms with Crippen molar-refractivity contribution in [2.75, 3.05) is 6.61 Å². The third kappa shape index (κ3) is 7.00. The van der Waals surface area contributed by atoms with Crippen molar-refractivity contribution in [2.45, 2.75) is 74.8 Å². The van der Waals surface area contributed by atoms with E-state index in [1.54, 1.807) is 0 Å². The molecule has 9 N–H and O–H groups in total. The molecule has 2 fully saturated rings. The standard InChI is InChI=1S/C30H32O18/c1-10-20(36)23(39)25(41)29(44-10)45-13-6-14(32)19-15(7-13)46-27(11-2-4-12(31)5-3-11)28(22(19)38)48-30-26(42)24(40)21(37)16(47-30)9-43-18(35)8-17(33)34/h2-7,10,16,20-21,23-26,29-32,36-37,39-42H,8-9H2,1H3,(H,33,34)/t10-,16+,20-,21+,23+,24-,25+,26+,29-,30-/m0/s1. The lowest BCUT2D eigenvalue weighted by molar-refractivity contribution is -0.278. The molecule has 2 saturated heterocycles. The van der Waals surface area contributed by atoms with Crippen molar-refractivity contribution in [3.8, 4) is 34.3 Å². The topological polar surface area (TPSA) is 293 Å². The fourth-order valence-electron chi connectivity index (χ4n) is 5.10. The summed E-state index contributed by atoms with van der Waals surface area (Å²) in [7, 11) is 0. The second kappa shape index (κ2) is 13.9. The zero-order chi connectivity index (χ0) is 35.0. The molecular formula is C30H32O18. The molecule has 10 atom stereocenters. The summed E-state index contributed by atoms with van der Waals surface area (Å²) in [6.45, 7) is 0.658. The summed E-state index contributed by atoms with van der Waals surface area (Å²) in [5.74, 6) is -4.77. The first-order chi connectivity index (χ1) is 22.7. The molecule has 3 heterocycles. The molecule has 0 unspecified atom stereocenters. The largest absolute Gasteiger partial charge is 0.508 e. The Morgan fingerprint density at radius 2 is 1.44 bits per heavy atom. The Morgan fingerprint density at radius 1 is 0.812 bits per heavy atom. The molecule has 18 nitrogen and oxygen atoms in total. The average Bonchev–Trinajstić information content (AvgIpc) is 3.03. The van der Waals surface area contributed by atoms with E-state index in [4.69, 9.17) is 33.2 Å². The fraction of sp³-hybridized carbons (Fsp3) is 0.433. The van der Waals surface area contributed by atoms with Gasteiger partial charge in [0.2, 0.25) is 23.8 Å². The highest BCUT2D eigenvalue weighted by molar-refractivity contribution is 5.90. The number of hydrogen-bond donors (Lipinski definition) is 9. The highest BCUT2D eigenvalue weighted by Gasteiger charge is 2.46. The van der Waals surface area contributed by atoms with Crippen molar-refractivity contribution in [1.29, 1.82) is 0 Å². The number of benzene rings is 2. The van der Waals surface area contributed by atoms with Crippen LogP contribution in [-0.4, -0.2) is 126 Å². The normalized spacial score (nSPS) is 30.5. The average molecular weight is 681 g/mol. The van der Waals surface area contributed by atoms with Crippen LogP contribution in [0.4, 0.5) is 0 Å². The zero-order valence-electron chi connectivity index (χ0n) is 24.9. The quantitative estimate of drug-likeness (QED) is 0.0897. The van der Waals surface area contributed by atoms with E-state index in [0.717, 1.165) is 12.1 Å². The van der Waals surface area contributed by atoms with Gasteiger partial charge in [-0.3, -0.25) is 14.4 Å². The number of aliphatic carboxylic acids is 1. The van der Waals surface area contributed by atoms with E-state index in [1.807, 2.05) is 0 Å². The third-order valence-corrected chi connectivity index (χ3v) is 7.70. The number of aliphatic hydroxyl groups is 6. The Labute approximate surface area is 269 Å². The van der Waals surface area contributed by atoms with Gasteiger partial charge in [0.1, 0.15) is 84.0 Å². The Bertz CT molecular complexity index is 1700. The van der Waals surface area contributed by atoms with Gasteiger partial charge in [-0.25, -0.2) is 0 Å². The van der Waals surface area contributed by atoms with E-state index in [0.29, 0.717) is 0 Å². The van der Waals surface area contributed by atoms with Crippen LogP contribution in [0, 0.1) is 0 Å². The van der Waals surface area contributed by atoms with Gasteiger partial charge in [-0.2, -0.15) is 0 Å². The number of fused-ring (bicyclic) bond motifs is 1. The molecule has 0 aliphatic carbocycles. The van der Waals surface area contributed by atoms with Gasteiger partial charge in [0.15, 0.2) is 5.76 Å². The number of carboxylic acids is 1. The molecule has 0 saturated carbocycles. The molecule has 48 heavy (non-hydrogen) atoms. The van der Waals surface area contributed by atoms with Crippen molar-refractivity contribution in [3.63, 3.8) is 0 Å². The molecule has 0 radical (unpaired) electrons. The van der Waals surface area contributed by atoms with Crippen molar-refractivity contribution in [3.05, 3.63) is 46.6 Å². The Balaban J connectivity index is 1.52. The SMILES string of the molecule is C[C@@H]1O[C@@H](Oc2cc(O)c3c(=O)c(O[C@@H]4O[C@H](COC(=O)CC(=O)O)[C@@H](O)[C@H](O)[C@H]4O)c(-c4ccc(O)cc4)oc3c2)[C@H](O)[C@H](O)[C@H]1O. The maximum atomic E-state index is 13.9. The van der Waals surface area contributed by atoms with Gasteiger partial charge < -0.3 is 74.1 Å². The smallest absolute Gasteiger partial charge is 0.317 e. The van der Waals surface area contributed by atoms with Crippen LogP contribution in [0.3, 0.4) is 0 Å². The molecule has 0 spiro atoms. The predicted molar refractivity (Wildman–Crippen MR) is 155 cm³/mol. The monoisotopic (exact) mass is 680 g/mol. The van der Waals surface area contributed by atoms with Crippen LogP contribution >= 0.6 is 0 Å². The van der Waals surface area contributed by atoms with Crippen LogP contribution in [0.5, 0.6) is 23.0 Å². The number of carbonyl (C=O) groups excluding carboxylic acids is 1. The van der Waals surface area contributed by atoms with Gasteiger partial charge >= 0.3 is 11.9 Å². The van der Waals surface area contributed by atoms with Crippen LogP contribution < -0.4 is 14.9 Å². The molecule has 260 valence electrons. The number of hydrogen-bond acceptors (Lipinski definition) is 17. The number of phenolic OH excluding ortho intramolecular Hbond substituents is 2. The van der Waals surface area contributed by atoms with Gasteiger partial charge in [0.05, 0.1) is 6.10 Å². The minimum atomic E-state index is -2.00. The maximum absolute atomic E-state index is 13.9. The Kier molecular flexibility index (Phi) is 10.1. The van der Waals surface area contributed by atoms with Gasteiger partial charge in [0.25, 0.3) is 0 Å². The maximum Gasteiger partial charge on any atom is 0.317 e. The number of rotatable bonds is 9. The lowest BCUT2D eigenvalue weighted by Gasteiger charge is -2.39. The van der Waals surface area contributed by atoms with Gasteiger partial charge in [-0.05, 0) is 31.2 Å². The van der Waals surface area contributed by atoms with Gasteiger partial charge in [0, 0.05) is 17.7 Å². The van der Waals surface area contributed by atoms with Crippen molar-refractivity contribution >= 4 is 22.9 Å². The van der Waals surface area contributed by atoms with E-state index in [9.17, 15) is 55.2 Å². The summed E-state index contributed by atoms with van der Waals surface area (Å²) in [6, 6.07) is 7.26. The summed E-state index contributed by atoms with van der Waals surface area (Å²) in [4.78, 5) is 36.4. The first-order valence-electron chi connectivity index (χ1n) is 14.4. The molecule has 1 aromatic heterocycles. The summed E-state index contributed by atoms with van der Waals surface area (Å²) >= 11 is 0. The molecule has 18 heteroatoms. The molecule has 0 bridgehead atoms. The zero-order valence-corrected chi connectivity index (χ0v) is 24.9. The number of ether oxygens (including phenoxy) is 5. The van der Waals surface area contributed by atoms with E-state index < -0.39 is 109 Å². The predicted octanol–water partition coefficient (Wildman–Crippen LogP) is -1.72. The molecule has 3 aromatic rings. The van der Waals surface area contributed by atoms with E-state index in [1.165, 1.54) is 31.2 Å². The van der Waals surface area contributed by atoms with Gasteiger partial charge in [-0.1, -0.05) is 0 Å². The first-order valence-corrected chi connectivity index (χ1v) is 14.4.